The van der Waals surface area contributed by atoms with Crippen molar-refractivity contribution in [3.63, 3.8) is 0 Å². The van der Waals surface area contributed by atoms with Crippen LogP contribution >= 0.6 is 0 Å². The van der Waals surface area contributed by atoms with Crippen molar-refractivity contribution in [3.05, 3.63) is 59.4 Å². The van der Waals surface area contributed by atoms with Gasteiger partial charge in [0.05, 0.1) is 0 Å². The summed E-state index contributed by atoms with van der Waals surface area (Å²) in [4.78, 5) is 22.4. The summed E-state index contributed by atoms with van der Waals surface area (Å²) in [6.07, 6.45) is 7.16. The fourth-order valence-corrected chi connectivity index (χ4v) is 3.92. The van der Waals surface area contributed by atoms with Crippen molar-refractivity contribution in [1.82, 2.24) is 14.9 Å². The van der Waals surface area contributed by atoms with Crippen LogP contribution in [0.15, 0.2) is 42.7 Å². The van der Waals surface area contributed by atoms with Crippen molar-refractivity contribution >= 4 is 22.6 Å². The molecule has 27 heavy (non-hydrogen) atoms. The third kappa shape index (κ3) is 3.54. The van der Waals surface area contributed by atoms with Gasteiger partial charge in [0.1, 0.15) is 5.65 Å². The van der Waals surface area contributed by atoms with Gasteiger partial charge < -0.3 is 15.2 Å². The number of hydrogen-bond donors (Lipinski definition) is 2. The first-order valence-electron chi connectivity index (χ1n) is 9.70. The van der Waals surface area contributed by atoms with Gasteiger partial charge in [-0.3, -0.25) is 4.79 Å². The highest BCUT2D eigenvalue weighted by atomic mass is 16.2. The molecule has 0 spiro atoms. The molecule has 0 saturated carbocycles. The number of amides is 1. The number of likely N-dealkylation sites (tertiary alicyclic amines) is 1. The first-order valence-corrected chi connectivity index (χ1v) is 9.70. The van der Waals surface area contributed by atoms with E-state index < -0.39 is 0 Å². The number of pyridine rings is 1. The lowest BCUT2D eigenvalue weighted by Gasteiger charge is -2.33. The largest absolute Gasteiger partial charge is 0.381 e. The zero-order valence-corrected chi connectivity index (χ0v) is 16.0. The average molecular weight is 362 g/mol. The maximum absolute atomic E-state index is 12.9. The Morgan fingerprint density at radius 1 is 1.30 bits per heavy atom. The monoisotopic (exact) mass is 362 g/mol. The second-order valence-corrected chi connectivity index (χ2v) is 7.44. The molecular formula is C22H26N4O. The molecule has 5 heteroatoms. The molecule has 1 atom stereocenters. The van der Waals surface area contributed by atoms with Gasteiger partial charge in [-0.2, -0.15) is 0 Å². The topological polar surface area (TPSA) is 61.0 Å². The Hall–Kier alpha value is -2.82. The van der Waals surface area contributed by atoms with Crippen molar-refractivity contribution in [2.24, 2.45) is 0 Å². The Balaban J connectivity index is 1.48. The van der Waals surface area contributed by atoms with Gasteiger partial charge in [0.15, 0.2) is 0 Å². The molecular weight excluding hydrogens is 336 g/mol. The molecule has 0 radical (unpaired) electrons. The molecule has 1 amide bonds. The smallest absolute Gasteiger partial charge is 0.254 e. The summed E-state index contributed by atoms with van der Waals surface area (Å²) in [7, 11) is 0. The van der Waals surface area contributed by atoms with Crippen LogP contribution in [0.2, 0.25) is 0 Å². The zero-order valence-electron chi connectivity index (χ0n) is 16.0. The minimum atomic E-state index is 0.153. The predicted molar refractivity (Wildman–Crippen MR) is 109 cm³/mol. The summed E-state index contributed by atoms with van der Waals surface area (Å²) in [6, 6.07) is 10.4. The summed E-state index contributed by atoms with van der Waals surface area (Å²) in [5, 5.41) is 4.63. The highest BCUT2D eigenvalue weighted by molar-refractivity contribution is 5.95. The number of aromatic nitrogens is 2. The number of benzene rings is 1. The molecule has 1 unspecified atom stereocenters. The third-order valence-corrected chi connectivity index (χ3v) is 5.56. The molecule has 5 nitrogen and oxygen atoms in total. The lowest BCUT2D eigenvalue weighted by molar-refractivity contribution is 0.0635. The Labute approximate surface area is 159 Å². The highest BCUT2D eigenvalue weighted by Crippen LogP contribution is 2.23. The van der Waals surface area contributed by atoms with E-state index in [0.29, 0.717) is 12.6 Å². The second kappa shape index (κ2) is 7.43. The number of H-pyrrole nitrogens is 1. The number of aryl methyl sites for hydroxylation is 1. The number of nitrogens with zero attached hydrogens (tertiary/aromatic N) is 2. The van der Waals surface area contributed by atoms with Crippen molar-refractivity contribution in [1.29, 1.82) is 0 Å². The van der Waals surface area contributed by atoms with Crippen molar-refractivity contribution in [3.8, 4) is 0 Å². The summed E-state index contributed by atoms with van der Waals surface area (Å²) >= 11 is 0. The highest BCUT2D eigenvalue weighted by Gasteiger charge is 2.24. The van der Waals surface area contributed by atoms with Gasteiger partial charge in [0.2, 0.25) is 0 Å². The Bertz CT molecular complexity index is 962. The fourth-order valence-electron chi connectivity index (χ4n) is 3.92. The number of carbonyl (C=O) groups is 1. The molecule has 4 rings (SSSR count). The molecule has 2 aromatic heterocycles. The van der Waals surface area contributed by atoms with Crippen LogP contribution in [0.4, 0.5) is 5.69 Å². The van der Waals surface area contributed by atoms with Gasteiger partial charge in [-0.15, -0.1) is 0 Å². The van der Waals surface area contributed by atoms with Crippen LogP contribution in [0, 0.1) is 6.92 Å². The van der Waals surface area contributed by atoms with Gasteiger partial charge in [-0.05, 0) is 74.6 Å². The van der Waals surface area contributed by atoms with Gasteiger partial charge in [0, 0.05) is 48.2 Å². The van der Waals surface area contributed by atoms with Gasteiger partial charge in [-0.1, -0.05) is 0 Å². The molecule has 1 aromatic carbocycles. The van der Waals surface area contributed by atoms with Crippen LogP contribution in [0.25, 0.3) is 11.0 Å². The second-order valence-electron chi connectivity index (χ2n) is 7.44. The van der Waals surface area contributed by atoms with Gasteiger partial charge >= 0.3 is 0 Å². The number of anilines is 1. The first kappa shape index (κ1) is 17.6. The molecule has 0 aliphatic carbocycles. The van der Waals surface area contributed by atoms with Crippen LogP contribution in [0.3, 0.4) is 0 Å². The molecule has 3 aromatic rings. The minimum Gasteiger partial charge on any atom is -0.381 e. The molecule has 1 fully saturated rings. The van der Waals surface area contributed by atoms with Crippen LogP contribution in [-0.2, 0) is 6.54 Å². The van der Waals surface area contributed by atoms with E-state index in [4.69, 9.17) is 0 Å². The van der Waals surface area contributed by atoms with Crippen molar-refractivity contribution in [2.45, 2.75) is 45.7 Å². The van der Waals surface area contributed by atoms with Crippen molar-refractivity contribution < 1.29 is 4.79 Å². The number of hydrogen-bond acceptors (Lipinski definition) is 3. The molecule has 2 N–H and O–H groups in total. The van der Waals surface area contributed by atoms with Crippen LogP contribution in [0.1, 0.15) is 47.7 Å². The van der Waals surface area contributed by atoms with Crippen LogP contribution < -0.4 is 5.32 Å². The molecule has 3 heterocycles. The van der Waals surface area contributed by atoms with E-state index in [1.807, 2.05) is 47.6 Å². The van der Waals surface area contributed by atoms with E-state index >= 15 is 0 Å². The lowest BCUT2D eigenvalue weighted by atomic mass is 10.0. The van der Waals surface area contributed by atoms with Crippen molar-refractivity contribution in [2.75, 3.05) is 11.9 Å². The Morgan fingerprint density at radius 3 is 3.00 bits per heavy atom. The number of carbonyl (C=O) groups excluding carboxylic acids is 1. The van der Waals surface area contributed by atoms with E-state index in [1.54, 1.807) is 0 Å². The van der Waals surface area contributed by atoms with E-state index in [1.165, 1.54) is 12.0 Å². The van der Waals surface area contributed by atoms with E-state index in [0.717, 1.165) is 47.2 Å². The molecule has 1 aliphatic rings. The molecule has 1 saturated heterocycles. The minimum absolute atomic E-state index is 0.153. The van der Waals surface area contributed by atoms with E-state index in [-0.39, 0.29) is 5.91 Å². The molecule has 0 bridgehead atoms. The number of fused-ring (bicyclic) bond motifs is 1. The average Bonchev–Trinajstić information content (AvgIpc) is 3.16. The third-order valence-electron chi connectivity index (χ3n) is 5.56. The molecule has 1 aliphatic heterocycles. The maximum Gasteiger partial charge on any atom is 0.254 e. The van der Waals surface area contributed by atoms with E-state index in [2.05, 4.69) is 29.1 Å². The number of aromatic amines is 1. The Kier molecular flexibility index (Phi) is 4.84. The lowest BCUT2D eigenvalue weighted by Crippen LogP contribution is -2.42. The van der Waals surface area contributed by atoms with Gasteiger partial charge in [-0.25, -0.2) is 4.98 Å². The van der Waals surface area contributed by atoms with Gasteiger partial charge in [0.25, 0.3) is 5.91 Å². The summed E-state index contributed by atoms with van der Waals surface area (Å²) in [5.74, 6) is 0.153. The maximum atomic E-state index is 12.9. The number of piperidine rings is 1. The standard InChI is InChI=1S/C22H26N4O/c1-15-13-17(22(27)26-12-4-3-5-16(26)2)6-7-20(15)25-14-18-8-10-23-21-19(18)9-11-24-21/h6-11,13,16,25H,3-5,12,14H2,1-2H3,(H,23,24). The normalized spacial score (nSPS) is 17.3. The number of rotatable bonds is 4. The first-order chi connectivity index (χ1) is 13.1. The SMILES string of the molecule is Cc1cc(C(=O)N2CCCCC2C)ccc1NCc1ccnc2[nH]ccc12. The summed E-state index contributed by atoms with van der Waals surface area (Å²) in [6.45, 7) is 5.79. The summed E-state index contributed by atoms with van der Waals surface area (Å²) in [5.41, 5.74) is 5.03. The number of nitrogens with one attached hydrogen (secondary N) is 2. The van der Waals surface area contributed by atoms with E-state index in [9.17, 15) is 4.79 Å². The quantitative estimate of drug-likeness (QED) is 0.718. The van der Waals surface area contributed by atoms with Crippen LogP contribution in [-0.4, -0.2) is 33.4 Å². The zero-order chi connectivity index (χ0) is 18.8. The fraction of sp³-hybridized carbons (Fsp3) is 0.364. The predicted octanol–water partition coefficient (Wildman–Crippen LogP) is 4.50. The van der Waals surface area contributed by atoms with Crippen LogP contribution in [0.5, 0.6) is 0 Å². The molecule has 140 valence electrons. The Morgan fingerprint density at radius 2 is 2.19 bits per heavy atom. The summed E-state index contributed by atoms with van der Waals surface area (Å²) < 4.78 is 0.